The second-order valence-electron chi connectivity index (χ2n) is 6.23. The van der Waals surface area contributed by atoms with Crippen molar-refractivity contribution < 1.29 is 9.59 Å². The van der Waals surface area contributed by atoms with Crippen LogP contribution in [0.25, 0.3) is 6.08 Å². The first-order valence-electron chi connectivity index (χ1n) is 8.14. The lowest BCUT2D eigenvalue weighted by atomic mass is 10.1. The van der Waals surface area contributed by atoms with E-state index >= 15 is 0 Å². The van der Waals surface area contributed by atoms with Crippen LogP contribution in [0.1, 0.15) is 36.8 Å². The van der Waals surface area contributed by atoms with E-state index in [-0.39, 0.29) is 24.4 Å². The molecule has 1 saturated carbocycles. The first kappa shape index (κ1) is 17.2. The Morgan fingerprint density at radius 1 is 1.33 bits per heavy atom. The van der Waals surface area contributed by atoms with E-state index in [4.69, 9.17) is 12.2 Å². The van der Waals surface area contributed by atoms with Gasteiger partial charge in [-0.25, -0.2) is 0 Å². The van der Waals surface area contributed by atoms with Crippen molar-refractivity contribution in [2.75, 3.05) is 6.54 Å². The maximum atomic E-state index is 12.5. The Kier molecular flexibility index (Phi) is 5.36. The summed E-state index contributed by atoms with van der Waals surface area (Å²) in [6, 6.07) is 8.19. The van der Waals surface area contributed by atoms with Gasteiger partial charge in [-0.15, -0.1) is 0 Å². The smallest absolute Gasteiger partial charge is 0.266 e. The molecule has 2 aliphatic rings. The van der Waals surface area contributed by atoms with Crippen molar-refractivity contribution in [2.45, 2.75) is 38.6 Å². The van der Waals surface area contributed by atoms with E-state index in [2.05, 4.69) is 5.32 Å². The molecule has 4 nitrogen and oxygen atoms in total. The second kappa shape index (κ2) is 7.49. The lowest BCUT2D eigenvalue weighted by molar-refractivity contribution is -0.129. The first-order chi connectivity index (χ1) is 11.5. The molecule has 24 heavy (non-hydrogen) atoms. The summed E-state index contributed by atoms with van der Waals surface area (Å²) in [4.78, 5) is 26.6. The highest BCUT2D eigenvalue weighted by Crippen LogP contribution is 2.32. The van der Waals surface area contributed by atoms with Gasteiger partial charge in [0.1, 0.15) is 10.9 Å². The van der Waals surface area contributed by atoms with Gasteiger partial charge in [-0.2, -0.15) is 0 Å². The van der Waals surface area contributed by atoms with Crippen molar-refractivity contribution in [3.05, 3.63) is 40.3 Å². The SMILES string of the molecule is Cc1ccc(C=C2SC(=S)N(CC(=O)NC3CCCC3)C2=O)cc1. The molecule has 1 saturated heterocycles. The van der Waals surface area contributed by atoms with Crippen LogP contribution < -0.4 is 5.32 Å². The molecular formula is C18H20N2O2S2. The number of hydrogen-bond donors (Lipinski definition) is 1. The zero-order valence-electron chi connectivity index (χ0n) is 13.6. The number of carbonyl (C=O) groups excluding carboxylic acids is 2. The van der Waals surface area contributed by atoms with Crippen molar-refractivity contribution in [3.63, 3.8) is 0 Å². The normalized spacial score (nSPS) is 20.2. The average molecular weight is 361 g/mol. The molecule has 1 N–H and O–H groups in total. The summed E-state index contributed by atoms with van der Waals surface area (Å²) in [7, 11) is 0. The molecule has 6 heteroatoms. The van der Waals surface area contributed by atoms with Crippen LogP contribution in [0.15, 0.2) is 29.2 Å². The minimum atomic E-state index is -0.188. The molecule has 1 aromatic carbocycles. The van der Waals surface area contributed by atoms with Gasteiger partial charge >= 0.3 is 0 Å². The van der Waals surface area contributed by atoms with Crippen LogP contribution in [0.3, 0.4) is 0 Å². The highest BCUT2D eigenvalue weighted by atomic mass is 32.2. The highest BCUT2D eigenvalue weighted by Gasteiger charge is 2.33. The molecule has 1 aromatic rings. The fraction of sp³-hybridized carbons (Fsp3) is 0.389. The molecule has 0 aromatic heterocycles. The van der Waals surface area contributed by atoms with Crippen LogP contribution in [-0.4, -0.2) is 33.6 Å². The van der Waals surface area contributed by atoms with Crippen LogP contribution in [-0.2, 0) is 9.59 Å². The topological polar surface area (TPSA) is 49.4 Å². The third-order valence-electron chi connectivity index (χ3n) is 4.27. The third kappa shape index (κ3) is 4.05. The van der Waals surface area contributed by atoms with E-state index in [0.29, 0.717) is 9.23 Å². The predicted octanol–water partition coefficient (Wildman–Crippen LogP) is 3.26. The number of hydrogen-bond acceptors (Lipinski definition) is 4. The number of nitrogens with one attached hydrogen (secondary N) is 1. The first-order valence-corrected chi connectivity index (χ1v) is 9.37. The van der Waals surface area contributed by atoms with Gasteiger partial charge in [-0.1, -0.05) is 66.7 Å². The molecule has 0 bridgehead atoms. The molecule has 0 atom stereocenters. The summed E-state index contributed by atoms with van der Waals surface area (Å²) < 4.78 is 0.444. The standard InChI is InChI=1S/C18H20N2O2S2/c1-12-6-8-13(9-7-12)10-15-17(22)20(18(23)24-15)11-16(21)19-14-4-2-3-5-14/h6-10,14H,2-5,11H2,1H3,(H,19,21). The fourth-order valence-corrected chi connectivity index (χ4v) is 4.19. The summed E-state index contributed by atoms with van der Waals surface area (Å²) in [5, 5.41) is 3.00. The molecule has 0 radical (unpaired) electrons. The molecule has 1 heterocycles. The van der Waals surface area contributed by atoms with Crippen molar-refractivity contribution in [2.24, 2.45) is 0 Å². The molecule has 2 amide bonds. The highest BCUT2D eigenvalue weighted by molar-refractivity contribution is 8.26. The monoisotopic (exact) mass is 360 g/mol. The minimum Gasteiger partial charge on any atom is -0.352 e. The van der Waals surface area contributed by atoms with E-state index in [1.807, 2.05) is 37.3 Å². The molecule has 1 aliphatic carbocycles. The molecule has 3 rings (SSSR count). The van der Waals surface area contributed by atoms with E-state index in [1.165, 1.54) is 22.2 Å². The second-order valence-corrected chi connectivity index (χ2v) is 7.90. The number of benzene rings is 1. The Bertz CT molecular complexity index is 691. The van der Waals surface area contributed by atoms with Gasteiger partial charge in [-0.3, -0.25) is 14.5 Å². The largest absolute Gasteiger partial charge is 0.352 e. The van der Waals surface area contributed by atoms with Gasteiger partial charge in [0.25, 0.3) is 5.91 Å². The van der Waals surface area contributed by atoms with Crippen molar-refractivity contribution in [1.29, 1.82) is 0 Å². The zero-order chi connectivity index (χ0) is 17.1. The van der Waals surface area contributed by atoms with Crippen LogP contribution in [0.5, 0.6) is 0 Å². The van der Waals surface area contributed by atoms with Crippen molar-refractivity contribution in [3.8, 4) is 0 Å². The van der Waals surface area contributed by atoms with E-state index in [0.717, 1.165) is 31.2 Å². The van der Waals surface area contributed by atoms with Crippen LogP contribution in [0.4, 0.5) is 0 Å². The Morgan fingerprint density at radius 2 is 2.00 bits per heavy atom. The predicted molar refractivity (Wildman–Crippen MR) is 101 cm³/mol. The number of thiocarbonyl (C=S) groups is 1. The van der Waals surface area contributed by atoms with Gasteiger partial charge in [0.05, 0.1) is 4.91 Å². The van der Waals surface area contributed by atoms with Gasteiger partial charge < -0.3 is 5.32 Å². The summed E-state index contributed by atoms with van der Waals surface area (Å²) in [6.07, 6.45) is 6.19. The summed E-state index contributed by atoms with van der Waals surface area (Å²) >= 11 is 6.53. The van der Waals surface area contributed by atoms with Gasteiger partial charge in [0.15, 0.2) is 0 Å². The summed E-state index contributed by atoms with van der Waals surface area (Å²) in [5.74, 6) is -0.318. The van der Waals surface area contributed by atoms with Crippen molar-refractivity contribution in [1.82, 2.24) is 10.2 Å². The lowest BCUT2D eigenvalue weighted by Gasteiger charge is -2.17. The molecule has 126 valence electrons. The van der Waals surface area contributed by atoms with Crippen molar-refractivity contribution >= 4 is 46.2 Å². The van der Waals surface area contributed by atoms with Crippen LogP contribution >= 0.6 is 24.0 Å². The van der Waals surface area contributed by atoms with Crippen LogP contribution in [0.2, 0.25) is 0 Å². The number of rotatable bonds is 4. The molecular weight excluding hydrogens is 340 g/mol. The quantitative estimate of drug-likeness (QED) is 0.661. The van der Waals surface area contributed by atoms with Gasteiger partial charge in [0.2, 0.25) is 5.91 Å². The molecule has 2 fully saturated rings. The zero-order valence-corrected chi connectivity index (χ0v) is 15.2. The number of nitrogens with zero attached hydrogens (tertiary/aromatic N) is 1. The number of aryl methyl sites for hydroxylation is 1. The Labute approximate surface area is 151 Å². The van der Waals surface area contributed by atoms with E-state index in [9.17, 15) is 9.59 Å². The third-order valence-corrected chi connectivity index (χ3v) is 5.65. The molecule has 1 aliphatic heterocycles. The van der Waals surface area contributed by atoms with E-state index < -0.39 is 0 Å². The van der Waals surface area contributed by atoms with Gasteiger partial charge in [-0.05, 0) is 31.4 Å². The van der Waals surface area contributed by atoms with Crippen LogP contribution in [0, 0.1) is 6.92 Å². The number of amides is 2. The fourth-order valence-electron chi connectivity index (χ4n) is 2.94. The Morgan fingerprint density at radius 3 is 2.67 bits per heavy atom. The number of carbonyl (C=O) groups is 2. The maximum Gasteiger partial charge on any atom is 0.266 e. The minimum absolute atomic E-state index is 0.00635. The average Bonchev–Trinajstić information content (AvgIpc) is 3.14. The summed E-state index contributed by atoms with van der Waals surface area (Å²) in [5.41, 5.74) is 2.12. The Balaban J connectivity index is 1.65. The Hall–Kier alpha value is -1.66. The molecule has 0 spiro atoms. The summed E-state index contributed by atoms with van der Waals surface area (Å²) in [6.45, 7) is 2.03. The van der Waals surface area contributed by atoms with Gasteiger partial charge in [0, 0.05) is 6.04 Å². The lowest BCUT2D eigenvalue weighted by Crippen LogP contribution is -2.42. The number of thioether (sulfide) groups is 1. The maximum absolute atomic E-state index is 12.5. The van der Waals surface area contributed by atoms with E-state index in [1.54, 1.807) is 0 Å². The molecule has 0 unspecified atom stereocenters.